The molecule has 2 heterocycles. The number of nitrogens with zero attached hydrogens (tertiary/aromatic N) is 2. The van der Waals surface area contributed by atoms with Gasteiger partial charge in [-0.25, -0.2) is 5.43 Å². The molecule has 4 rings (SSSR count). The van der Waals surface area contributed by atoms with E-state index < -0.39 is 10.8 Å². The van der Waals surface area contributed by atoms with Crippen molar-refractivity contribution < 1.29 is 14.1 Å². The maximum atomic E-state index is 12.3. The zero-order chi connectivity index (χ0) is 20.4. The van der Waals surface area contributed by atoms with Crippen LogP contribution in [0.3, 0.4) is 0 Å². The zero-order valence-corrected chi connectivity index (χ0v) is 15.5. The Morgan fingerprint density at radius 3 is 2.83 bits per heavy atom. The van der Waals surface area contributed by atoms with E-state index in [1.54, 1.807) is 12.3 Å². The number of nitro benzene ring substituents is 1. The third-order valence-electron chi connectivity index (χ3n) is 4.25. The number of H-pyrrole nitrogens is 1. The number of nitro groups is 1. The second-order valence-electron chi connectivity index (χ2n) is 6.07. The molecule has 29 heavy (non-hydrogen) atoms. The van der Waals surface area contributed by atoms with Crippen molar-refractivity contribution >= 4 is 40.3 Å². The van der Waals surface area contributed by atoms with Gasteiger partial charge in [0.1, 0.15) is 5.76 Å². The number of hydrogen-bond donors (Lipinski definition) is 2. The van der Waals surface area contributed by atoms with Crippen LogP contribution in [0, 0.1) is 10.1 Å². The lowest BCUT2D eigenvalue weighted by Gasteiger charge is -2.01. The summed E-state index contributed by atoms with van der Waals surface area (Å²) in [5, 5.41) is 15.9. The molecule has 0 aliphatic rings. The van der Waals surface area contributed by atoms with Gasteiger partial charge in [0.25, 0.3) is 5.69 Å². The molecule has 8 nitrogen and oxygen atoms in total. The first-order chi connectivity index (χ1) is 14.0. The van der Waals surface area contributed by atoms with Crippen LogP contribution in [0.1, 0.15) is 16.1 Å². The lowest BCUT2D eigenvalue weighted by molar-refractivity contribution is -0.384. The fourth-order valence-corrected chi connectivity index (χ4v) is 3.11. The van der Waals surface area contributed by atoms with Crippen molar-refractivity contribution in [2.24, 2.45) is 5.10 Å². The summed E-state index contributed by atoms with van der Waals surface area (Å²) in [5.41, 5.74) is 4.52. The lowest BCUT2D eigenvalue weighted by Crippen LogP contribution is -2.16. The third kappa shape index (κ3) is 3.74. The largest absolute Gasteiger partial charge is 0.451 e. The highest BCUT2D eigenvalue weighted by Crippen LogP contribution is 2.32. The van der Waals surface area contributed by atoms with E-state index in [1.807, 2.05) is 24.3 Å². The van der Waals surface area contributed by atoms with Crippen LogP contribution in [0.2, 0.25) is 5.02 Å². The molecule has 2 aromatic carbocycles. The first-order valence-electron chi connectivity index (χ1n) is 8.46. The molecule has 0 aliphatic heterocycles. The summed E-state index contributed by atoms with van der Waals surface area (Å²) >= 11 is 6.09. The minimum absolute atomic E-state index is 0.0329. The summed E-state index contributed by atoms with van der Waals surface area (Å²) < 4.78 is 5.52. The molecule has 4 aromatic rings. The molecule has 0 aliphatic carbocycles. The number of nitrogens with one attached hydrogen (secondary N) is 2. The van der Waals surface area contributed by atoms with Crippen molar-refractivity contribution in [3.05, 3.63) is 87.3 Å². The Morgan fingerprint density at radius 2 is 2.03 bits per heavy atom. The molecule has 0 saturated heterocycles. The van der Waals surface area contributed by atoms with Crippen molar-refractivity contribution in [3.8, 4) is 11.3 Å². The fraction of sp³-hybridized carbons (Fsp3) is 0. The van der Waals surface area contributed by atoms with Crippen molar-refractivity contribution in [3.63, 3.8) is 0 Å². The number of hydrogen-bond acceptors (Lipinski definition) is 5. The first-order valence-corrected chi connectivity index (χ1v) is 8.84. The quantitative estimate of drug-likeness (QED) is 0.281. The Kier molecular flexibility index (Phi) is 4.84. The number of halogens is 1. The third-order valence-corrected chi connectivity index (χ3v) is 4.56. The van der Waals surface area contributed by atoms with Crippen LogP contribution >= 0.6 is 11.6 Å². The van der Waals surface area contributed by atoms with E-state index in [1.165, 1.54) is 30.5 Å². The second-order valence-corrected chi connectivity index (χ2v) is 6.48. The van der Waals surface area contributed by atoms with Gasteiger partial charge in [0.05, 0.1) is 16.2 Å². The van der Waals surface area contributed by atoms with E-state index in [9.17, 15) is 14.9 Å². The molecule has 0 radical (unpaired) electrons. The SMILES string of the molecule is O=C(NN=Cc1c[nH]c2ccccc12)c1ccc(-c2ccc([N+](=O)[O-])cc2Cl)o1. The van der Waals surface area contributed by atoms with Crippen LogP contribution in [-0.2, 0) is 0 Å². The number of hydrazone groups is 1. The molecule has 0 bridgehead atoms. The lowest BCUT2D eigenvalue weighted by atomic mass is 10.1. The van der Waals surface area contributed by atoms with Gasteiger partial charge in [0.2, 0.25) is 0 Å². The van der Waals surface area contributed by atoms with Gasteiger partial charge in [-0.1, -0.05) is 29.8 Å². The molecule has 1 amide bonds. The molecular weight excluding hydrogens is 396 g/mol. The molecule has 0 unspecified atom stereocenters. The Balaban J connectivity index is 1.48. The highest BCUT2D eigenvalue weighted by molar-refractivity contribution is 6.33. The van der Waals surface area contributed by atoms with Crippen LogP contribution in [0.25, 0.3) is 22.2 Å². The number of fused-ring (bicyclic) bond motifs is 1. The molecule has 9 heteroatoms. The van der Waals surface area contributed by atoms with E-state index in [2.05, 4.69) is 15.5 Å². The summed E-state index contributed by atoms with van der Waals surface area (Å²) in [6.07, 6.45) is 3.33. The smallest absolute Gasteiger partial charge is 0.307 e. The average molecular weight is 409 g/mol. The maximum absolute atomic E-state index is 12.3. The number of carbonyl (C=O) groups excluding carboxylic acids is 1. The van der Waals surface area contributed by atoms with Crippen molar-refractivity contribution in [1.29, 1.82) is 0 Å². The second kappa shape index (κ2) is 7.61. The normalized spacial score (nSPS) is 11.2. The van der Waals surface area contributed by atoms with Crippen LogP contribution < -0.4 is 5.43 Å². The number of benzene rings is 2. The fourth-order valence-electron chi connectivity index (χ4n) is 2.84. The Bertz CT molecular complexity index is 1260. The number of non-ortho nitro benzene ring substituents is 1. The number of furan rings is 1. The Morgan fingerprint density at radius 1 is 1.21 bits per heavy atom. The number of rotatable bonds is 5. The molecule has 0 spiro atoms. The topological polar surface area (TPSA) is 114 Å². The van der Waals surface area contributed by atoms with Gasteiger partial charge in [-0.15, -0.1) is 0 Å². The molecular formula is C20H13ClN4O4. The summed E-state index contributed by atoms with van der Waals surface area (Å²) in [6.45, 7) is 0. The van der Waals surface area contributed by atoms with Crippen molar-refractivity contribution in [1.82, 2.24) is 10.4 Å². The van der Waals surface area contributed by atoms with Crippen LogP contribution in [0.4, 0.5) is 5.69 Å². The van der Waals surface area contributed by atoms with Gasteiger partial charge in [-0.05, 0) is 24.3 Å². The van der Waals surface area contributed by atoms with Gasteiger partial charge >= 0.3 is 5.91 Å². The summed E-state index contributed by atoms with van der Waals surface area (Å²) in [4.78, 5) is 25.6. The molecule has 2 aromatic heterocycles. The van der Waals surface area contributed by atoms with E-state index in [4.69, 9.17) is 16.0 Å². The van der Waals surface area contributed by atoms with Crippen LogP contribution in [0.5, 0.6) is 0 Å². The number of aromatic nitrogens is 1. The highest BCUT2D eigenvalue weighted by Gasteiger charge is 2.16. The number of amides is 1. The van der Waals surface area contributed by atoms with Gasteiger partial charge in [0, 0.05) is 40.4 Å². The standard InChI is InChI=1S/C20H13ClN4O4/c21-16-9-13(25(27)28)5-6-15(16)18-7-8-19(29-18)20(26)24-23-11-12-10-22-17-4-2-1-3-14(12)17/h1-11,22H,(H,24,26). The maximum Gasteiger partial charge on any atom is 0.307 e. The zero-order valence-electron chi connectivity index (χ0n) is 14.8. The molecule has 0 saturated carbocycles. The Labute approximate surface area is 168 Å². The van der Waals surface area contributed by atoms with Crippen molar-refractivity contribution in [2.45, 2.75) is 0 Å². The van der Waals surface area contributed by atoms with Gasteiger partial charge in [0.15, 0.2) is 5.76 Å². The minimum atomic E-state index is -0.539. The number of para-hydroxylation sites is 1. The first kappa shape index (κ1) is 18.5. The predicted octanol–water partition coefficient (Wildman–Crippen LogP) is 4.75. The van der Waals surface area contributed by atoms with E-state index in [0.29, 0.717) is 11.3 Å². The van der Waals surface area contributed by atoms with Gasteiger partial charge in [-0.2, -0.15) is 5.10 Å². The van der Waals surface area contributed by atoms with Crippen LogP contribution in [-0.4, -0.2) is 22.0 Å². The van der Waals surface area contributed by atoms with Crippen LogP contribution in [0.15, 0.2) is 70.3 Å². The number of aromatic amines is 1. The molecule has 2 N–H and O–H groups in total. The molecule has 144 valence electrons. The highest BCUT2D eigenvalue weighted by atomic mass is 35.5. The Hall–Kier alpha value is -3.91. The number of carbonyl (C=O) groups is 1. The van der Waals surface area contributed by atoms with E-state index >= 15 is 0 Å². The minimum Gasteiger partial charge on any atom is -0.451 e. The average Bonchev–Trinajstić information content (AvgIpc) is 3.35. The van der Waals surface area contributed by atoms with Gasteiger partial charge < -0.3 is 9.40 Å². The summed E-state index contributed by atoms with van der Waals surface area (Å²) in [7, 11) is 0. The van der Waals surface area contributed by atoms with Crippen molar-refractivity contribution in [2.75, 3.05) is 0 Å². The molecule has 0 atom stereocenters. The summed E-state index contributed by atoms with van der Waals surface area (Å²) in [6, 6.07) is 14.8. The summed E-state index contributed by atoms with van der Waals surface area (Å²) in [5.74, 6) is -0.188. The van der Waals surface area contributed by atoms with E-state index in [0.717, 1.165) is 16.5 Å². The van der Waals surface area contributed by atoms with E-state index in [-0.39, 0.29) is 16.5 Å². The van der Waals surface area contributed by atoms with Gasteiger partial charge in [-0.3, -0.25) is 14.9 Å². The molecule has 0 fully saturated rings. The predicted molar refractivity (Wildman–Crippen MR) is 109 cm³/mol. The monoisotopic (exact) mass is 408 g/mol.